The lowest BCUT2D eigenvalue weighted by Gasteiger charge is -2.34. The highest BCUT2D eigenvalue weighted by Gasteiger charge is 2.30. The van der Waals surface area contributed by atoms with Crippen molar-refractivity contribution in [2.45, 2.75) is 37.9 Å². The highest BCUT2D eigenvalue weighted by molar-refractivity contribution is 9.10. The van der Waals surface area contributed by atoms with Gasteiger partial charge in [0, 0.05) is 25.2 Å². The van der Waals surface area contributed by atoms with Crippen LogP contribution in [0.4, 0.5) is 0 Å². The number of piperidine rings is 1. The Kier molecular flexibility index (Phi) is 4.27. The first-order valence-electron chi connectivity index (χ1n) is 7.16. The fourth-order valence-corrected chi connectivity index (χ4v) is 3.51. The average Bonchev–Trinajstić information content (AvgIpc) is 3.01. The zero-order valence-corrected chi connectivity index (χ0v) is 12.8. The molecule has 1 aromatic rings. The number of nitrogens with zero attached hydrogens (tertiary/aromatic N) is 2. The van der Waals surface area contributed by atoms with Crippen molar-refractivity contribution in [2.24, 2.45) is 5.73 Å². The van der Waals surface area contributed by atoms with Crippen LogP contribution in [-0.4, -0.2) is 48.1 Å². The highest BCUT2D eigenvalue weighted by Crippen LogP contribution is 2.24. The van der Waals surface area contributed by atoms with Gasteiger partial charge in [0.2, 0.25) is 0 Å². The fraction of sp³-hybridized carbons (Fsp3) is 0.714. The van der Waals surface area contributed by atoms with E-state index in [1.165, 1.54) is 26.1 Å². The third-order valence-corrected chi connectivity index (χ3v) is 5.10. The lowest BCUT2D eigenvalue weighted by atomic mass is 10.0. The minimum atomic E-state index is 0.424. The van der Waals surface area contributed by atoms with Gasteiger partial charge < -0.3 is 10.2 Å². The van der Waals surface area contributed by atoms with Gasteiger partial charge in [0.1, 0.15) is 5.76 Å². The Morgan fingerprint density at radius 3 is 2.74 bits per heavy atom. The largest absolute Gasteiger partial charge is 0.467 e. The van der Waals surface area contributed by atoms with E-state index in [1.54, 1.807) is 6.26 Å². The maximum atomic E-state index is 5.98. The summed E-state index contributed by atoms with van der Waals surface area (Å²) in [5, 5.41) is 0. The third kappa shape index (κ3) is 3.21. The van der Waals surface area contributed by atoms with Crippen LogP contribution >= 0.6 is 15.9 Å². The molecule has 0 radical (unpaired) electrons. The molecule has 4 nitrogen and oxygen atoms in total. The Bertz CT molecular complexity index is 415. The van der Waals surface area contributed by atoms with Gasteiger partial charge in [0.25, 0.3) is 0 Å². The molecule has 0 bridgehead atoms. The normalized spacial score (nSPS) is 27.2. The zero-order valence-electron chi connectivity index (χ0n) is 11.2. The molecular formula is C14H22BrN3O. The second-order valence-corrected chi connectivity index (χ2v) is 6.60. The fourth-order valence-electron chi connectivity index (χ4n) is 3.18. The van der Waals surface area contributed by atoms with Crippen LogP contribution in [0, 0.1) is 0 Å². The van der Waals surface area contributed by atoms with E-state index in [4.69, 9.17) is 10.2 Å². The predicted octanol–water partition coefficient (Wildman–Crippen LogP) is 2.04. The molecule has 0 aliphatic carbocycles. The highest BCUT2D eigenvalue weighted by atomic mass is 79.9. The standard InChI is InChI=1S/C14H22BrN3O/c15-13-4-8-19-14(13)10-17-5-3-12(9-17)18-6-1-11(16)2-7-18/h4,8,11-12H,1-3,5-7,9-10,16H2. The molecule has 2 fully saturated rings. The van der Waals surface area contributed by atoms with Crippen LogP contribution in [0.1, 0.15) is 25.0 Å². The van der Waals surface area contributed by atoms with Gasteiger partial charge in [-0.05, 0) is 54.3 Å². The topological polar surface area (TPSA) is 45.6 Å². The summed E-state index contributed by atoms with van der Waals surface area (Å²) in [4.78, 5) is 5.11. The monoisotopic (exact) mass is 327 g/mol. The van der Waals surface area contributed by atoms with Crippen LogP contribution in [0.5, 0.6) is 0 Å². The Labute approximate surface area is 123 Å². The van der Waals surface area contributed by atoms with Crippen molar-refractivity contribution in [1.82, 2.24) is 9.80 Å². The minimum Gasteiger partial charge on any atom is -0.467 e. The molecule has 2 aliphatic heterocycles. The summed E-state index contributed by atoms with van der Waals surface area (Å²) in [6, 6.07) is 3.10. The van der Waals surface area contributed by atoms with Crippen molar-refractivity contribution in [3.63, 3.8) is 0 Å². The Morgan fingerprint density at radius 2 is 2.05 bits per heavy atom. The molecule has 1 atom stereocenters. The molecule has 2 aliphatic rings. The summed E-state index contributed by atoms with van der Waals surface area (Å²) in [6.45, 7) is 5.58. The third-order valence-electron chi connectivity index (χ3n) is 4.40. The summed E-state index contributed by atoms with van der Waals surface area (Å²) in [6.07, 6.45) is 5.33. The number of nitrogens with two attached hydrogens (primary N) is 1. The first-order chi connectivity index (χ1) is 9.22. The average molecular weight is 328 g/mol. The van der Waals surface area contributed by atoms with Gasteiger partial charge in [0.15, 0.2) is 0 Å². The number of halogens is 1. The molecule has 3 rings (SSSR count). The van der Waals surface area contributed by atoms with Gasteiger partial charge in [-0.1, -0.05) is 0 Å². The van der Waals surface area contributed by atoms with E-state index in [-0.39, 0.29) is 0 Å². The lowest BCUT2D eigenvalue weighted by Crippen LogP contribution is -2.46. The molecule has 1 aromatic heterocycles. The second-order valence-electron chi connectivity index (χ2n) is 5.74. The molecule has 0 saturated carbocycles. The van der Waals surface area contributed by atoms with E-state index in [0.717, 1.165) is 36.2 Å². The lowest BCUT2D eigenvalue weighted by molar-refractivity contribution is 0.150. The van der Waals surface area contributed by atoms with Crippen LogP contribution in [0.2, 0.25) is 0 Å². The van der Waals surface area contributed by atoms with Crippen LogP contribution in [0.25, 0.3) is 0 Å². The van der Waals surface area contributed by atoms with E-state index in [0.29, 0.717) is 12.1 Å². The first kappa shape index (κ1) is 13.6. The number of rotatable bonds is 3. The first-order valence-corrected chi connectivity index (χ1v) is 7.95. The molecule has 0 aromatic carbocycles. The van der Waals surface area contributed by atoms with Gasteiger partial charge >= 0.3 is 0 Å². The molecule has 5 heteroatoms. The molecule has 106 valence electrons. The zero-order chi connectivity index (χ0) is 13.2. The van der Waals surface area contributed by atoms with Gasteiger partial charge in [-0.2, -0.15) is 0 Å². The maximum Gasteiger partial charge on any atom is 0.131 e. The minimum absolute atomic E-state index is 0.424. The maximum absolute atomic E-state index is 5.98. The van der Waals surface area contributed by atoms with E-state index < -0.39 is 0 Å². The van der Waals surface area contributed by atoms with Gasteiger partial charge in [-0.25, -0.2) is 0 Å². The predicted molar refractivity (Wildman–Crippen MR) is 78.9 cm³/mol. The summed E-state index contributed by atoms with van der Waals surface area (Å²) >= 11 is 3.53. The van der Waals surface area contributed by atoms with Gasteiger partial charge in [0.05, 0.1) is 17.3 Å². The number of hydrogen-bond acceptors (Lipinski definition) is 4. The summed E-state index contributed by atoms with van der Waals surface area (Å²) in [5.41, 5.74) is 5.98. The summed E-state index contributed by atoms with van der Waals surface area (Å²) < 4.78 is 6.59. The van der Waals surface area contributed by atoms with E-state index >= 15 is 0 Å². The van der Waals surface area contributed by atoms with Crippen molar-refractivity contribution in [3.05, 3.63) is 22.6 Å². The Balaban J connectivity index is 1.51. The Hall–Kier alpha value is -0.360. The molecule has 0 amide bonds. The number of furan rings is 1. The van der Waals surface area contributed by atoms with Crippen molar-refractivity contribution >= 4 is 15.9 Å². The van der Waals surface area contributed by atoms with Crippen molar-refractivity contribution < 1.29 is 4.42 Å². The van der Waals surface area contributed by atoms with Crippen LogP contribution < -0.4 is 5.73 Å². The molecule has 2 N–H and O–H groups in total. The molecule has 2 saturated heterocycles. The van der Waals surface area contributed by atoms with Gasteiger partial charge in [-0.15, -0.1) is 0 Å². The second kappa shape index (κ2) is 5.95. The van der Waals surface area contributed by atoms with Crippen LogP contribution in [-0.2, 0) is 6.54 Å². The number of hydrogen-bond donors (Lipinski definition) is 1. The summed E-state index contributed by atoms with van der Waals surface area (Å²) in [7, 11) is 0. The molecule has 3 heterocycles. The van der Waals surface area contributed by atoms with Crippen molar-refractivity contribution in [2.75, 3.05) is 26.2 Å². The smallest absolute Gasteiger partial charge is 0.131 e. The quantitative estimate of drug-likeness (QED) is 0.922. The van der Waals surface area contributed by atoms with Gasteiger partial charge in [-0.3, -0.25) is 9.80 Å². The molecule has 0 spiro atoms. The van der Waals surface area contributed by atoms with E-state index in [2.05, 4.69) is 25.7 Å². The summed E-state index contributed by atoms with van der Waals surface area (Å²) in [5.74, 6) is 1.04. The van der Waals surface area contributed by atoms with E-state index in [9.17, 15) is 0 Å². The SMILES string of the molecule is NC1CCN(C2CCN(Cc3occc3Br)C2)CC1. The number of likely N-dealkylation sites (tertiary alicyclic amines) is 2. The van der Waals surface area contributed by atoms with E-state index in [1.807, 2.05) is 6.07 Å². The molecule has 1 unspecified atom stereocenters. The van der Waals surface area contributed by atoms with Crippen LogP contribution in [0.3, 0.4) is 0 Å². The molecular weight excluding hydrogens is 306 g/mol. The van der Waals surface area contributed by atoms with Crippen molar-refractivity contribution in [3.8, 4) is 0 Å². The van der Waals surface area contributed by atoms with Crippen molar-refractivity contribution in [1.29, 1.82) is 0 Å². The molecule has 19 heavy (non-hydrogen) atoms. The Morgan fingerprint density at radius 1 is 1.26 bits per heavy atom. The van der Waals surface area contributed by atoms with Crippen LogP contribution in [0.15, 0.2) is 21.2 Å².